The van der Waals surface area contributed by atoms with Crippen molar-refractivity contribution in [2.24, 2.45) is 4.99 Å². The highest BCUT2D eigenvalue weighted by Crippen LogP contribution is 2.16. The Bertz CT molecular complexity index is 707. The van der Waals surface area contributed by atoms with Crippen LogP contribution in [0.4, 0.5) is 5.69 Å². The number of nitrogens with one attached hydrogen (secondary N) is 2. The lowest BCUT2D eigenvalue weighted by molar-refractivity contribution is -0.384. The number of hydrogen-bond acceptors (Lipinski definition) is 4. The van der Waals surface area contributed by atoms with Gasteiger partial charge in [0, 0.05) is 18.7 Å². The maximum Gasteiger partial charge on any atom is 0.269 e. The molecule has 1 heterocycles. The van der Waals surface area contributed by atoms with Gasteiger partial charge in [-0.1, -0.05) is 12.1 Å². The van der Waals surface area contributed by atoms with Gasteiger partial charge in [0.25, 0.3) is 5.69 Å². The minimum absolute atomic E-state index is 0.0200. The summed E-state index contributed by atoms with van der Waals surface area (Å²) in [6.07, 6.45) is 0. The van der Waals surface area contributed by atoms with Gasteiger partial charge in [-0.2, -0.15) is 0 Å². The van der Waals surface area contributed by atoms with E-state index in [9.17, 15) is 10.1 Å². The molecule has 0 amide bonds. The predicted octanol–water partition coefficient (Wildman–Crippen LogP) is 3.31. The van der Waals surface area contributed by atoms with E-state index in [-0.39, 0.29) is 11.7 Å². The Morgan fingerprint density at radius 2 is 2.00 bits per heavy atom. The molecule has 2 rings (SSSR count). The number of guanidine groups is 1. The first-order chi connectivity index (χ1) is 11.5. The van der Waals surface area contributed by atoms with Crippen LogP contribution in [0.3, 0.4) is 0 Å². The average Bonchev–Trinajstić information content (AvgIpc) is 3.00. The SMILES string of the molecule is CCNC(=NCc1ccc([N+](=O)[O-])cc1)NC(C)c1ccc(C)o1. The third kappa shape index (κ3) is 4.84. The quantitative estimate of drug-likeness (QED) is 0.367. The zero-order chi connectivity index (χ0) is 17.5. The molecule has 1 aromatic heterocycles. The van der Waals surface area contributed by atoms with Gasteiger partial charge < -0.3 is 15.1 Å². The molecule has 0 saturated heterocycles. The number of furan rings is 1. The standard InChI is InChI=1S/C17H22N4O3/c1-4-18-17(20-13(3)16-10-5-12(2)24-16)19-11-14-6-8-15(9-7-14)21(22)23/h5-10,13H,4,11H2,1-3H3,(H2,18,19,20). The van der Waals surface area contributed by atoms with E-state index in [2.05, 4.69) is 15.6 Å². The number of nitro groups is 1. The molecule has 1 aromatic carbocycles. The number of benzene rings is 1. The van der Waals surface area contributed by atoms with Gasteiger partial charge in [-0.3, -0.25) is 10.1 Å². The lowest BCUT2D eigenvalue weighted by Crippen LogP contribution is -2.38. The molecule has 2 aromatic rings. The monoisotopic (exact) mass is 330 g/mol. The Labute approximate surface area is 140 Å². The average molecular weight is 330 g/mol. The first-order valence-corrected chi connectivity index (χ1v) is 7.84. The topological polar surface area (TPSA) is 92.7 Å². The van der Waals surface area contributed by atoms with E-state index in [4.69, 9.17) is 4.42 Å². The number of aliphatic imine (C=N–C) groups is 1. The number of rotatable bonds is 6. The van der Waals surface area contributed by atoms with Gasteiger partial charge in [0.05, 0.1) is 17.5 Å². The molecule has 128 valence electrons. The van der Waals surface area contributed by atoms with Crippen molar-refractivity contribution >= 4 is 11.6 Å². The van der Waals surface area contributed by atoms with Gasteiger partial charge >= 0.3 is 0 Å². The van der Waals surface area contributed by atoms with Crippen LogP contribution in [-0.4, -0.2) is 17.4 Å². The Morgan fingerprint density at radius 3 is 2.54 bits per heavy atom. The number of hydrogen-bond donors (Lipinski definition) is 2. The highest BCUT2D eigenvalue weighted by molar-refractivity contribution is 5.80. The molecule has 2 N–H and O–H groups in total. The van der Waals surface area contributed by atoms with Crippen molar-refractivity contribution in [3.05, 3.63) is 63.6 Å². The number of aryl methyl sites for hydroxylation is 1. The molecule has 7 nitrogen and oxygen atoms in total. The molecule has 1 unspecified atom stereocenters. The fraction of sp³-hybridized carbons (Fsp3) is 0.353. The zero-order valence-electron chi connectivity index (χ0n) is 14.1. The van der Waals surface area contributed by atoms with Crippen molar-refractivity contribution in [3.8, 4) is 0 Å². The van der Waals surface area contributed by atoms with E-state index in [1.54, 1.807) is 12.1 Å². The van der Waals surface area contributed by atoms with Crippen molar-refractivity contribution in [1.82, 2.24) is 10.6 Å². The number of nitro benzene ring substituents is 1. The molecular formula is C17H22N4O3. The van der Waals surface area contributed by atoms with Gasteiger partial charge in [0.2, 0.25) is 0 Å². The molecule has 0 aliphatic rings. The molecule has 7 heteroatoms. The van der Waals surface area contributed by atoms with Crippen molar-refractivity contribution in [2.45, 2.75) is 33.4 Å². The third-order valence-corrected chi connectivity index (χ3v) is 3.45. The molecule has 24 heavy (non-hydrogen) atoms. The third-order valence-electron chi connectivity index (χ3n) is 3.45. The molecule has 0 fully saturated rings. The summed E-state index contributed by atoms with van der Waals surface area (Å²) >= 11 is 0. The van der Waals surface area contributed by atoms with E-state index < -0.39 is 4.92 Å². The molecule has 0 radical (unpaired) electrons. The number of nitrogens with zero attached hydrogens (tertiary/aromatic N) is 2. The second-order valence-electron chi connectivity index (χ2n) is 5.43. The van der Waals surface area contributed by atoms with Crippen LogP contribution in [0.15, 0.2) is 45.8 Å². The summed E-state index contributed by atoms with van der Waals surface area (Å²) < 4.78 is 5.61. The maximum absolute atomic E-state index is 10.7. The van der Waals surface area contributed by atoms with Crippen LogP contribution in [0.2, 0.25) is 0 Å². The Balaban J connectivity index is 2.03. The zero-order valence-corrected chi connectivity index (χ0v) is 14.1. The van der Waals surface area contributed by atoms with Crippen LogP contribution in [0.1, 0.15) is 37.0 Å². The largest absolute Gasteiger partial charge is 0.464 e. The van der Waals surface area contributed by atoms with Crippen LogP contribution in [-0.2, 0) is 6.54 Å². The van der Waals surface area contributed by atoms with Gasteiger partial charge in [0.1, 0.15) is 11.5 Å². The van der Waals surface area contributed by atoms with E-state index in [0.29, 0.717) is 12.5 Å². The highest BCUT2D eigenvalue weighted by atomic mass is 16.6. The Hall–Kier alpha value is -2.83. The summed E-state index contributed by atoms with van der Waals surface area (Å²) in [7, 11) is 0. The van der Waals surface area contributed by atoms with Gasteiger partial charge in [-0.05, 0) is 38.5 Å². The minimum atomic E-state index is -0.411. The lowest BCUT2D eigenvalue weighted by atomic mass is 10.2. The lowest BCUT2D eigenvalue weighted by Gasteiger charge is -2.16. The predicted molar refractivity (Wildman–Crippen MR) is 92.9 cm³/mol. The van der Waals surface area contributed by atoms with Gasteiger partial charge in [-0.15, -0.1) is 0 Å². The molecule has 0 spiro atoms. The van der Waals surface area contributed by atoms with E-state index in [1.165, 1.54) is 12.1 Å². The Kier molecular flexibility index (Phi) is 5.95. The Morgan fingerprint density at radius 1 is 1.29 bits per heavy atom. The summed E-state index contributed by atoms with van der Waals surface area (Å²) in [5, 5.41) is 17.1. The first kappa shape index (κ1) is 17.5. The summed E-state index contributed by atoms with van der Waals surface area (Å²) in [6, 6.07) is 10.2. The van der Waals surface area contributed by atoms with Crippen LogP contribution in [0.5, 0.6) is 0 Å². The fourth-order valence-corrected chi connectivity index (χ4v) is 2.18. The molecule has 0 saturated carbocycles. The molecule has 0 bridgehead atoms. The summed E-state index contributed by atoms with van der Waals surface area (Å²) in [4.78, 5) is 14.8. The van der Waals surface area contributed by atoms with Crippen LogP contribution in [0.25, 0.3) is 0 Å². The summed E-state index contributed by atoms with van der Waals surface area (Å²) in [6.45, 7) is 7.05. The maximum atomic E-state index is 10.7. The van der Waals surface area contributed by atoms with Crippen molar-refractivity contribution < 1.29 is 9.34 Å². The van der Waals surface area contributed by atoms with Crippen molar-refractivity contribution in [2.75, 3.05) is 6.54 Å². The first-order valence-electron chi connectivity index (χ1n) is 7.84. The second-order valence-corrected chi connectivity index (χ2v) is 5.43. The van der Waals surface area contributed by atoms with E-state index in [0.717, 1.165) is 23.6 Å². The molecule has 1 atom stereocenters. The number of non-ortho nitro benzene ring substituents is 1. The van der Waals surface area contributed by atoms with Gasteiger partial charge in [-0.25, -0.2) is 4.99 Å². The normalized spacial score (nSPS) is 12.7. The molecule has 0 aliphatic heterocycles. The molecular weight excluding hydrogens is 308 g/mol. The van der Waals surface area contributed by atoms with Crippen molar-refractivity contribution in [3.63, 3.8) is 0 Å². The van der Waals surface area contributed by atoms with Crippen LogP contribution < -0.4 is 10.6 Å². The highest BCUT2D eigenvalue weighted by Gasteiger charge is 2.11. The summed E-state index contributed by atoms with van der Waals surface area (Å²) in [5.74, 6) is 2.37. The smallest absolute Gasteiger partial charge is 0.269 e. The fourth-order valence-electron chi connectivity index (χ4n) is 2.18. The van der Waals surface area contributed by atoms with E-state index in [1.807, 2.05) is 32.9 Å². The van der Waals surface area contributed by atoms with Crippen LogP contribution >= 0.6 is 0 Å². The van der Waals surface area contributed by atoms with Crippen LogP contribution in [0, 0.1) is 17.0 Å². The summed E-state index contributed by atoms with van der Waals surface area (Å²) in [5.41, 5.74) is 0.980. The molecule has 0 aliphatic carbocycles. The van der Waals surface area contributed by atoms with Gasteiger partial charge in [0.15, 0.2) is 5.96 Å². The van der Waals surface area contributed by atoms with E-state index >= 15 is 0 Å². The minimum Gasteiger partial charge on any atom is -0.464 e. The van der Waals surface area contributed by atoms with Crippen molar-refractivity contribution in [1.29, 1.82) is 0 Å². The second kappa shape index (κ2) is 8.14.